The summed E-state index contributed by atoms with van der Waals surface area (Å²) < 4.78 is 101. The molecule has 0 atom stereocenters. The number of hydrogen-bond donors (Lipinski definition) is 2. The van der Waals surface area contributed by atoms with Gasteiger partial charge in [0.2, 0.25) is 5.91 Å². The van der Waals surface area contributed by atoms with Crippen LogP contribution in [-0.4, -0.2) is 83.1 Å². The molecule has 1 amide bonds. The first-order chi connectivity index (χ1) is 32.8. The third kappa shape index (κ3) is 13.3. The van der Waals surface area contributed by atoms with Gasteiger partial charge in [-0.2, -0.15) is 0 Å². The predicted molar refractivity (Wildman–Crippen MR) is 268 cm³/mol. The van der Waals surface area contributed by atoms with Crippen molar-refractivity contribution in [2.24, 2.45) is 0 Å². The van der Waals surface area contributed by atoms with E-state index >= 15 is 0 Å². The van der Waals surface area contributed by atoms with E-state index in [9.17, 15) is 30.0 Å². The molecule has 0 aliphatic carbocycles. The van der Waals surface area contributed by atoms with Crippen molar-refractivity contribution in [3.05, 3.63) is 160 Å². The van der Waals surface area contributed by atoms with E-state index in [-0.39, 0.29) is 61.8 Å². The Morgan fingerprint density at radius 3 is 1.86 bits per heavy atom. The molecule has 0 unspecified atom stereocenters. The van der Waals surface area contributed by atoms with Gasteiger partial charge in [-0.1, -0.05) is 29.8 Å². The van der Waals surface area contributed by atoms with E-state index in [1.807, 2.05) is 0 Å². The van der Waals surface area contributed by atoms with Crippen molar-refractivity contribution >= 4 is 92.2 Å². The second-order valence-electron chi connectivity index (χ2n) is 14.7. The minimum Gasteiger partial charge on any atom is -0.201 e. The number of hydrogen-bond acceptors (Lipinski definition) is 11. The van der Waals surface area contributed by atoms with Crippen LogP contribution in [0.4, 0.5) is 28.4 Å². The molecule has 0 aliphatic rings. The molecule has 0 saturated carbocycles. The van der Waals surface area contributed by atoms with Crippen LogP contribution in [-0.2, 0) is 56.6 Å². The van der Waals surface area contributed by atoms with Gasteiger partial charge in [0.05, 0.1) is 22.7 Å². The van der Waals surface area contributed by atoms with Crippen LogP contribution in [0.5, 0.6) is 17.2 Å². The van der Waals surface area contributed by atoms with E-state index in [1.165, 1.54) is 75.9 Å². The van der Waals surface area contributed by atoms with E-state index in [4.69, 9.17) is 37.4 Å². The first kappa shape index (κ1) is 52.1. The van der Waals surface area contributed by atoms with Crippen molar-refractivity contribution in [3.63, 3.8) is 0 Å². The molecule has 69 heavy (non-hydrogen) atoms. The molecule has 22 heteroatoms. The summed E-state index contributed by atoms with van der Waals surface area (Å²) in [6.45, 7) is -1.16. The minimum absolute atomic E-state index is 0.0164. The van der Waals surface area contributed by atoms with Gasteiger partial charge >= 0.3 is 266 Å². The Bertz CT molecular complexity index is 3250. The molecule has 0 aliphatic heterocycles. The number of nitrogens with one attached hydrogen (secondary N) is 2. The number of nitrogens with zero attached hydrogens (tertiary/aromatic N) is 4. The fourth-order valence-electron chi connectivity index (χ4n) is 6.62. The quantitative estimate of drug-likeness (QED) is 0.0752. The number of carbonyl (C=O) groups is 1. The van der Waals surface area contributed by atoms with Crippen molar-refractivity contribution in [2.75, 3.05) is 70.9 Å². The Labute approximate surface area is 419 Å². The third-order valence-electron chi connectivity index (χ3n) is 10.00. The van der Waals surface area contributed by atoms with Crippen LogP contribution < -0.4 is 37.8 Å². The second kappa shape index (κ2) is 22.9. The Balaban J connectivity index is 1.11. The SMILES string of the molecule is COc1ccc(N(CC(=O)Nc2ccc(CC#[N+]CN(c3cccc(N[C](=[Co])CN(c4cccc(Cl)c4)S(=O)(=O)c4ccc(OC)c(OC)c4)c3)S(C)(=O)=O)cc2)S(=O)(=O)c2ccccc2)cc1Cl. The van der Waals surface area contributed by atoms with E-state index in [0.717, 1.165) is 24.7 Å². The normalized spacial score (nSPS) is 11.3. The average molecular weight is 1080 g/mol. The van der Waals surface area contributed by atoms with Crippen LogP contribution in [0.15, 0.2) is 149 Å². The molecule has 6 aromatic rings. The number of benzene rings is 6. The molecule has 2 N–H and O–H groups in total. The van der Waals surface area contributed by atoms with Crippen LogP contribution in [0.3, 0.4) is 0 Å². The van der Waals surface area contributed by atoms with Gasteiger partial charge in [-0.25, -0.2) is 8.42 Å². The van der Waals surface area contributed by atoms with Crippen LogP contribution in [0.2, 0.25) is 10.0 Å². The number of methoxy groups -OCH3 is 3. The van der Waals surface area contributed by atoms with Crippen molar-refractivity contribution in [3.8, 4) is 23.3 Å². The maximum atomic E-state index is 14.2. The number of ether oxygens (including phenoxy) is 3. The number of sulfonamides is 3. The smallest absolute Gasteiger partial charge is 0.201 e. The van der Waals surface area contributed by atoms with Crippen molar-refractivity contribution in [2.45, 2.75) is 16.2 Å². The predicted octanol–water partition coefficient (Wildman–Crippen LogP) is 8.14. The minimum atomic E-state index is -4.25. The van der Waals surface area contributed by atoms with Crippen LogP contribution >= 0.6 is 23.2 Å². The first-order valence-electron chi connectivity index (χ1n) is 20.4. The number of amides is 1. The van der Waals surface area contributed by atoms with Crippen LogP contribution in [0.1, 0.15) is 5.56 Å². The molecule has 0 bridgehead atoms. The van der Waals surface area contributed by atoms with Gasteiger partial charge in [-0.05, 0) is 42.5 Å². The zero-order valence-corrected chi connectivity index (χ0v) is 42.3. The molecule has 0 aromatic heterocycles. The molecule has 363 valence electrons. The number of carbonyl (C=O) groups excluding carboxylic acids is 1. The topological polar surface area (TPSA) is 185 Å². The van der Waals surface area contributed by atoms with Crippen LogP contribution in [0.25, 0.3) is 4.85 Å². The van der Waals surface area contributed by atoms with E-state index in [0.29, 0.717) is 27.9 Å². The van der Waals surface area contributed by atoms with Gasteiger partial charge in [0.15, 0.2) is 0 Å². The van der Waals surface area contributed by atoms with E-state index in [1.54, 1.807) is 84.9 Å². The fourth-order valence-corrected chi connectivity index (χ4v) is 11.1. The molecular weight excluding hydrogens is 1030 g/mol. The van der Waals surface area contributed by atoms with Gasteiger partial charge in [-0.3, -0.25) is 9.10 Å². The molecule has 0 radical (unpaired) electrons. The molecule has 0 saturated heterocycles. The summed E-state index contributed by atoms with van der Waals surface area (Å²) in [7, 11) is -8.04. The summed E-state index contributed by atoms with van der Waals surface area (Å²) in [6.07, 6.45) is 1.22. The van der Waals surface area contributed by atoms with Crippen molar-refractivity contribution in [1.29, 1.82) is 0 Å². The summed E-state index contributed by atoms with van der Waals surface area (Å²) >= 11 is 17.3. The molecule has 6 rings (SSSR count). The van der Waals surface area contributed by atoms with Gasteiger partial charge in [0.1, 0.15) is 12.3 Å². The molecule has 0 fully saturated rings. The van der Waals surface area contributed by atoms with Gasteiger partial charge in [-0.15, -0.1) is 0 Å². The average Bonchev–Trinajstić information content (AvgIpc) is 3.32. The standard InChI is InChI=1S/C47H44Cl2N6O10S3.Co/c1-63-44-22-20-40(30-43(44)49)54(67(59,60)41-14-6-5-7-15-41)32-47(56)52-36-18-16-34(17-19-36)24-25-50-33-55(66(4,57)58)39-13-9-11-37(29-39)51-26-27-53(38-12-8-10-35(48)28-38)68(61,62)42-21-23-45(64-2)46(31-42)65-3;/h5-23,28-31,51H,24,27,32-33H2,1-4H3;/p+1. The summed E-state index contributed by atoms with van der Waals surface area (Å²) in [5.41, 5.74) is 2.18. The number of rotatable bonds is 20. The van der Waals surface area contributed by atoms with Gasteiger partial charge in [0, 0.05) is 5.69 Å². The van der Waals surface area contributed by atoms with Crippen LogP contribution in [0, 0.1) is 6.07 Å². The first-order valence-corrected chi connectivity index (χ1v) is 26.4. The molecule has 0 spiro atoms. The zero-order valence-electron chi connectivity index (χ0n) is 37.3. The second-order valence-corrected chi connectivity index (χ2v) is 21.8. The Morgan fingerprint density at radius 2 is 1.22 bits per heavy atom. The molecule has 0 heterocycles. The monoisotopic (exact) mass is 1080 g/mol. The summed E-state index contributed by atoms with van der Waals surface area (Å²) in [5.74, 6) is 0.268. The summed E-state index contributed by atoms with van der Waals surface area (Å²) in [6, 6.07) is 38.6. The van der Waals surface area contributed by atoms with E-state index < -0.39 is 42.5 Å². The van der Waals surface area contributed by atoms with E-state index in [2.05, 4.69) is 36.9 Å². The van der Waals surface area contributed by atoms with Gasteiger partial charge < -0.3 is 10.1 Å². The molecule has 16 nitrogen and oxygen atoms in total. The molecule has 6 aromatic carbocycles. The van der Waals surface area contributed by atoms with Crippen molar-refractivity contribution < 1.29 is 59.6 Å². The number of halogens is 2. The Morgan fingerprint density at radius 1 is 0.609 bits per heavy atom. The fraction of sp³-hybridized carbons (Fsp3) is 0.170. The summed E-state index contributed by atoms with van der Waals surface area (Å²) in [5, 5.41) is 6.26. The number of anilines is 5. The Kier molecular flexibility index (Phi) is 17.3. The maximum absolute atomic E-state index is 14.2. The van der Waals surface area contributed by atoms with Crippen molar-refractivity contribution in [1.82, 2.24) is 0 Å². The zero-order chi connectivity index (χ0) is 49.9. The molecular formula is C47H45Cl2CoN6O10S3+. The van der Waals surface area contributed by atoms with Gasteiger partial charge in [0.25, 0.3) is 10.0 Å². The third-order valence-corrected chi connectivity index (χ3v) is 15.5. The Hall–Kier alpha value is -6.31. The summed E-state index contributed by atoms with van der Waals surface area (Å²) in [4.78, 5) is 17.5.